The zero-order valence-corrected chi connectivity index (χ0v) is 7.19. The van der Waals surface area contributed by atoms with Crippen LogP contribution in [0.4, 0.5) is 0 Å². The van der Waals surface area contributed by atoms with Crippen LogP contribution in [0.15, 0.2) is 12.2 Å². The lowest BCUT2D eigenvalue weighted by Crippen LogP contribution is -2.07. The van der Waals surface area contributed by atoms with E-state index in [1.165, 1.54) is 32.1 Å². The van der Waals surface area contributed by atoms with Crippen LogP contribution < -0.4 is 0 Å². The molecule has 0 nitrogen and oxygen atoms in total. The van der Waals surface area contributed by atoms with E-state index in [2.05, 4.69) is 26.0 Å². The molecular weight excluding hydrogens is 120 g/mol. The van der Waals surface area contributed by atoms with Crippen molar-refractivity contribution in [2.24, 2.45) is 5.41 Å². The molecule has 0 unspecified atom stereocenters. The molecule has 0 radical (unpaired) electrons. The van der Waals surface area contributed by atoms with Crippen LogP contribution in [-0.4, -0.2) is 0 Å². The van der Waals surface area contributed by atoms with Crippen molar-refractivity contribution < 1.29 is 0 Å². The van der Waals surface area contributed by atoms with Gasteiger partial charge in [0.25, 0.3) is 0 Å². The van der Waals surface area contributed by atoms with Gasteiger partial charge < -0.3 is 0 Å². The maximum Gasteiger partial charge on any atom is -0.0175 e. The standard InChI is InChI=1S/C10H18/c1-10(2)8-6-4-3-5-7-9-10/h6,8H,3-5,7,9H2,1-2H3. The largest absolute Gasteiger partial charge is 0.0880 e. The van der Waals surface area contributed by atoms with E-state index in [4.69, 9.17) is 0 Å². The van der Waals surface area contributed by atoms with E-state index in [9.17, 15) is 0 Å². The highest BCUT2D eigenvalue weighted by molar-refractivity contribution is 4.95. The molecule has 0 spiro atoms. The number of hydrogen-bond donors (Lipinski definition) is 0. The number of allylic oxidation sites excluding steroid dienone is 2. The van der Waals surface area contributed by atoms with Gasteiger partial charge in [-0.3, -0.25) is 0 Å². The molecule has 0 aromatic carbocycles. The molecule has 0 heteroatoms. The zero-order chi connectivity index (χ0) is 7.45. The van der Waals surface area contributed by atoms with Gasteiger partial charge in [-0.25, -0.2) is 0 Å². The molecule has 0 N–H and O–H groups in total. The van der Waals surface area contributed by atoms with Crippen molar-refractivity contribution in [1.29, 1.82) is 0 Å². The summed E-state index contributed by atoms with van der Waals surface area (Å²) in [4.78, 5) is 0. The Morgan fingerprint density at radius 3 is 2.70 bits per heavy atom. The molecule has 0 heterocycles. The fraction of sp³-hybridized carbons (Fsp3) is 0.800. The van der Waals surface area contributed by atoms with Crippen molar-refractivity contribution in [2.45, 2.75) is 46.0 Å². The molecule has 0 aliphatic heterocycles. The molecular formula is C10H18. The molecule has 0 bridgehead atoms. The smallest absolute Gasteiger partial charge is 0.0175 e. The normalized spacial score (nSPS) is 25.4. The minimum absolute atomic E-state index is 0.473. The second-order valence-electron chi connectivity index (χ2n) is 3.99. The minimum atomic E-state index is 0.473. The van der Waals surface area contributed by atoms with E-state index in [1.54, 1.807) is 0 Å². The zero-order valence-electron chi connectivity index (χ0n) is 7.19. The molecule has 0 fully saturated rings. The van der Waals surface area contributed by atoms with Gasteiger partial charge in [-0.2, -0.15) is 0 Å². The highest BCUT2D eigenvalue weighted by Gasteiger charge is 2.13. The molecule has 1 rings (SSSR count). The van der Waals surface area contributed by atoms with E-state index < -0.39 is 0 Å². The Morgan fingerprint density at radius 2 is 1.90 bits per heavy atom. The highest BCUT2D eigenvalue weighted by atomic mass is 14.2. The van der Waals surface area contributed by atoms with E-state index >= 15 is 0 Å². The monoisotopic (exact) mass is 138 g/mol. The summed E-state index contributed by atoms with van der Waals surface area (Å²) in [6.07, 6.45) is 11.6. The summed E-state index contributed by atoms with van der Waals surface area (Å²) in [7, 11) is 0. The summed E-state index contributed by atoms with van der Waals surface area (Å²) in [5, 5.41) is 0. The van der Waals surface area contributed by atoms with E-state index in [1.807, 2.05) is 0 Å². The van der Waals surface area contributed by atoms with Crippen molar-refractivity contribution in [3.63, 3.8) is 0 Å². The SMILES string of the molecule is CC1(C)C=CCCCCC1. The highest BCUT2D eigenvalue weighted by Crippen LogP contribution is 2.27. The molecule has 0 amide bonds. The summed E-state index contributed by atoms with van der Waals surface area (Å²) < 4.78 is 0. The molecule has 1 aliphatic carbocycles. The Balaban J connectivity index is 2.49. The van der Waals surface area contributed by atoms with Crippen LogP contribution in [0.2, 0.25) is 0 Å². The summed E-state index contributed by atoms with van der Waals surface area (Å²) in [5.41, 5.74) is 0.473. The fourth-order valence-electron chi connectivity index (χ4n) is 1.51. The van der Waals surface area contributed by atoms with Crippen molar-refractivity contribution in [1.82, 2.24) is 0 Å². The summed E-state index contributed by atoms with van der Waals surface area (Å²) in [6, 6.07) is 0. The lowest BCUT2D eigenvalue weighted by molar-refractivity contribution is 0.402. The third kappa shape index (κ3) is 2.55. The van der Waals surface area contributed by atoms with Gasteiger partial charge in [-0.05, 0) is 24.7 Å². The lowest BCUT2D eigenvalue weighted by atomic mass is 9.84. The van der Waals surface area contributed by atoms with E-state index in [0.29, 0.717) is 5.41 Å². The number of rotatable bonds is 0. The Bertz CT molecular complexity index is 120. The van der Waals surface area contributed by atoms with Gasteiger partial charge in [0.15, 0.2) is 0 Å². The first-order valence-corrected chi connectivity index (χ1v) is 4.38. The van der Waals surface area contributed by atoms with Crippen LogP contribution >= 0.6 is 0 Å². The average molecular weight is 138 g/mol. The van der Waals surface area contributed by atoms with Gasteiger partial charge in [0.2, 0.25) is 0 Å². The van der Waals surface area contributed by atoms with Crippen LogP contribution in [0.5, 0.6) is 0 Å². The second kappa shape index (κ2) is 3.23. The summed E-state index contributed by atoms with van der Waals surface area (Å²) in [5.74, 6) is 0. The maximum atomic E-state index is 2.38. The van der Waals surface area contributed by atoms with Gasteiger partial charge in [0, 0.05) is 0 Å². The quantitative estimate of drug-likeness (QED) is 0.449. The minimum Gasteiger partial charge on any atom is -0.0880 e. The van der Waals surface area contributed by atoms with Gasteiger partial charge in [0.1, 0.15) is 0 Å². The Hall–Kier alpha value is -0.260. The van der Waals surface area contributed by atoms with Gasteiger partial charge >= 0.3 is 0 Å². The topological polar surface area (TPSA) is 0 Å². The Kier molecular flexibility index (Phi) is 2.53. The number of hydrogen-bond acceptors (Lipinski definition) is 0. The first-order valence-electron chi connectivity index (χ1n) is 4.38. The summed E-state index contributed by atoms with van der Waals surface area (Å²) >= 11 is 0. The fourth-order valence-corrected chi connectivity index (χ4v) is 1.51. The molecule has 0 saturated carbocycles. The van der Waals surface area contributed by atoms with Crippen molar-refractivity contribution >= 4 is 0 Å². The lowest BCUT2D eigenvalue weighted by Gasteiger charge is -2.21. The molecule has 1 aliphatic rings. The molecule has 10 heavy (non-hydrogen) atoms. The third-order valence-electron chi connectivity index (χ3n) is 2.26. The van der Waals surface area contributed by atoms with Gasteiger partial charge in [-0.1, -0.05) is 38.8 Å². The molecule has 0 aromatic rings. The predicted molar refractivity (Wildman–Crippen MR) is 46.0 cm³/mol. The maximum absolute atomic E-state index is 2.38. The second-order valence-corrected chi connectivity index (χ2v) is 3.99. The first kappa shape index (κ1) is 7.84. The Morgan fingerprint density at radius 1 is 1.10 bits per heavy atom. The predicted octanol–water partition coefficient (Wildman–Crippen LogP) is 3.53. The van der Waals surface area contributed by atoms with Crippen LogP contribution in [-0.2, 0) is 0 Å². The average Bonchev–Trinajstić information content (AvgIpc) is 1.81. The van der Waals surface area contributed by atoms with E-state index in [-0.39, 0.29) is 0 Å². The molecule has 0 atom stereocenters. The molecule has 0 aromatic heterocycles. The van der Waals surface area contributed by atoms with E-state index in [0.717, 1.165) is 0 Å². The van der Waals surface area contributed by atoms with Gasteiger partial charge in [-0.15, -0.1) is 0 Å². The van der Waals surface area contributed by atoms with Crippen LogP contribution in [0.1, 0.15) is 46.0 Å². The van der Waals surface area contributed by atoms with Crippen LogP contribution in [0, 0.1) is 5.41 Å². The van der Waals surface area contributed by atoms with Crippen molar-refractivity contribution in [3.05, 3.63) is 12.2 Å². The van der Waals surface area contributed by atoms with Crippen molar-refractivity contribution in [3.8, 4) is 0 Å². The van der Waals surface area contributed by atoms with Crippen LogP contribution in [0.3, 0.4) is 0 Å². The third-order valence-corrected chi connectivity index (χ3v) is 2.26. The van der Waals surface area contributed by atoms with Gasteiger partial charge in [0.05, 0.1) is 0 Å². The molecule has 0 saturated heterocycles. The van der Waals surface area contributed by atoms with Crippen LogP contribution in [0.25, 0.3) is 0 Å². The summed E-state index contributed by atoms with van der Waals surface area (Å²) in [6.45, 7) is 4.66. The first-order chi connectivity index (χ1) is 4.71. The Labute approximate surface area is 64.3 Å². The molecule has 58 valence electrons. The van der Waals surface area contributed by atoms with Crippen molar-refractivity contribution in [2.75, 3.05) is 0 Å².